The Morgan fingerprint density at radius 1 is 1.16 bits per heavy atom. The van der Waals surface area contributed by atoms with Gasteiger partial charge in [-0.15, -0.1) is 10.2 Å². The SMILES string of the molecule is COc1ccc(/C(C)=N/Nc2nnc(SCC(=O)Nc3ccc(F)cc3)n2N)cc1OC. The zero-order valence-corrected chi connectivity index (χ0v) is 18.4. The van der Waals surface area contributed by atoms with Crippen molar-refractivity contribution in [3.63, 3.8) is 0 Å². The van der Waals surface area contributed by atoms with E-state index in [1.54, 1.807) is 33.3 Å². The van der Waals surface area contributed by atoms with E-state index in [1.807, 2.05) is 6.07 Å². The predicted octanol–water partition coefficient (Wildman–Crippen LogP) is 2.72. The number of hydrazone groups is 1. The maximum absolute atomic E-state index is 12.9. The van der Waals surface area contributed by atoms with Gasteiger partial charge in [0.2, 0.25) is 11.1 Å². The Morgan fingerprint density at radius 2 is 1.88 bits per heavy atom. The van der Waals surface area contributed by atoms with E-state index in [2.05, 4.69) is 26.0 Å². The van der Waals surface area contributed by atoms with E-state index < -0.39 is 0 Å². The lowest BCUT2D eigenvalue weighted by molar-refractivity contribution is -0.113. The van der Waals surface area contributed by atoms with Crippen LogP contribution in [0.15, 0.2) is 52.7 Å². The highest BCUT2D eigenvalue weighted by Gasteiger charge is 2.13. The number of methoxy groups -OCH3 is 2. The monoisotopic (exact) mass is 459 g/mol. The summed E-state index contributed by atoms with van der Waals surface area (Å²) in [4.78, 5) is 12.1. The molecule has 3 aromatic rings. The molecule has 0 aliphatic carbocycles. The van der Waals surface area contributed by atoms with E-state index in [1.165, 1.54) is 28.9 Å². The summed E-state index contributed by atoms with van der Waals surface area (Å²) in [5.41, 5.74) is 4.72. The number of halogens is 1. The number of rotatable bonds is 9. The number of amides is 1. The van der Waals surface area contributed by atoms with Crippen LogP contribution in [0, 0.1) is 5.82 Å². The zero-order chi connectivity index (χ0) is 23.1. The van der Waals surface area contributed by atoms with Crippen LogP contribution in [-0.4, -0.2) is 46.5 Å². The maximum Gasteiger partial charge on any atom is 0.264 e. The molecule has 12 heteroatoms. The van der Waals surface area contributed by atoms with E-state index in [0.29, 0.717) is 28.1 Å². The number of hydrogen-bond acceptors (Lipinski definition) is 9. The van der Waals surface area contributed by atoms with Crippen molar-refractivity contribution in [1.82, 2.24) is 14.9 Å². The lowest BCUT2D eigenvalue weighted by atomic mass is 10.1. The van der Waals surface area contributed by atoms with Crippen molar-refractivity contribution in [2.24, 2.45) is 5.10 Å². The minimum atomic E-state index is -0.377. The number of benzene rings is 2. The third-order valence-corrected chi connectivity index (χ3v) is 5.19. The van der Waals surface area contributed by atoms with E-state index in [4.69, 9.17) is 15.3 Å². The standard InChI is InChI=1S/C20H22FN7O3S/c1-12(13-4-9-16(30-2)17(10-13)31-3)24-25-19-26-27-20(28(19)22)32-11-18(29)23-15-7-5-14(21)6-8-15/h4-10H,11,22H2,1-3H3,(H,23,29)(H,25,26)/b24-12+. The Labute approximate surface area is 188 Å². The first-order valence-corrected chi connectivity index (χ1v) is 10.3. The first-order chi connectivity index (χ1) is 15.4. The summed E-state index contributed by atoms with van der Waals surface area (Å²) in [5.74, 6) is 6.77. The third-order valence-electron chi connectivity index (χ3n) is 4.25. The number of carbonyl (C=O) groups excluding carboxylic acids is 1. The van der Waals surface area contributed by atoms with Crippen LogP contribution in [0.3, 0.4) is 0 Å². The van der Waals surface area contributed by atoms with Gasteiger partial charge >= 0.3 is 0 Å². The van der Waals surface area contributed by atoms with Gasteiger partial charge in [0.15, 0.2) is 11.5 Å². The highest BCUT2D eigenvalue weighted by molar-refractivity contribution is 7.99. The lowest BCUT2D eigenvalue weighted by Crippen LogP contribution is -2.17. The molecule has 0 fully saturated rings. The second-order valence-corrected chi connectivity index (χ2v) is 7.34. The number of nitrogen functional groups attached to an aromatic ring is 1. The predicted molar refractivity (Wildman–Crippen MR) is 121 cm³/mol. The molecule has 0 spiro atoms. The van der Waals surface area contributed by atoms with Gasteiger partial charge < -0.3 is 20.6 Å². The van der Waals surface area contributed by atoms with E-state index in [-0.39, 0.29) is 23.4 Å². The number of nitrogens with one attached hydrogen (secondary N) is 2. The molecule has 1 heterocycles. The number of aromatic nitrogens is 3. The zero-order valence-electron chi connectivity index (χ0n) is 17.6. The molecule has 0 radical (unpaired) electrons. The molecular weight excluding hydrogens is 437 g/mol. The smallest absolute Gasteiger partial charge is 0.264 e. The second kappa shape index (κ2) is 10.5. The fourth-order valence-electron chi connectivity index (χ4n) is 2.57. The Balaban J connectivity index is 1.59. The van der Waals surface area contributed by atoms with Gasteiger partial charge in [0.1, 0.15) is 5.82 Å². The molecule has 2 aromatic carbocycles. The fraction of sp³-hybridized carbons (Fsp3) is 0.200. The van der Waals surface area contributed by atoms with Crippen molar-refractivity contribution in [3.05, 3.63) is 53.8 Å². The van der Waals surface area contributed by atoms with Crippen LogP contribution >= 0.6 is 11.8 Å². The summed E-state index contributed by atoms with van der Waals surface area (Å²) in [6.07, 6.45) is 0. The van der Waals surface area contributed by atoms with Crippen molar-refractivity contribution < 1.29 is 18.7 Å². The molecule has 0 atom stereocenters. The van der Waals surface area contributed by atoms with Gasteiger partial charge in [-0.25, -0.2) is 14.5 Å². The number of anilines is 2. The van der Waals surface area contributed by atoms with Crippen molar-refractivity contribution in [2.45, 2.75) is 12.1 Å². The van der Waals surface area contributed by atoms with Crippen molar-refractivity contribution >= 4 is 35.0 Å². The summed E-state index contributed by atoms with van der Waals surface area (Å²) in [6.45, 7) is 1.81. The molecule has 32 heavy (non-hydrogen) atoms. The number of nitrogens with two attached hydrogens (primary N) is 1. The van der Waals surface area contributed by atoms with E-state index in [9.17, 15) is 9.18 Å². The highest BCUT2D eigenvalue weighted by atomic mass is 32.2. The molecule has 1 amide bonds. The average molecular weight is 460 g/mol. The van der Waals surface area contributed by atoms with Gasteiger partial charge in [-0.2, -0.15) is 5.10 Å². The minimum Gasteiger partial charge on any atom is -0.493 e. The van der Waals surface area contributed by atoms with Gasteiger partial charge in [0.05, 0.1) is 25.7 Å². The molecule has 4 N–H and O–H groups in total. The molecule has 10 nitrogen and oxygen atoms in total. The summed E-state index contributed by atoms with van der Waals surface area (Å²) < 4.78 is 24.7. The largest absolute Gasteiger partial charge is 0.493 e. The fourth-order valence-corrected chi connectivity index (χ4v) is 3.23. The molecule has 0 unspecified atom stereocenters. The molecule has 168 valence electrons. The number of nitrogens with zero attached hydrogens (tertiary/aromatic N) is 4. The van der Waals surface area contributed by atoms with Gasteiger partial charge in [0, 0.05) is 11.3 Å². The van der Waals surface area contributed by atoms with Gasteiger partial charge in [-0.05, 0) is 49.4 Å². The van der Waals surface area contributed by atoms with Gasteiger partial charge in [0.25, 0.3) is 5.95 Å². The maximum atomic E-state index is 12.9. The van der Waals surface area contributed by atoms with Crippen LogP contribution in [0.4, 0.5) is 16.0 Å². The summed E-state index contributed by atoms with van der Waals surface area (Å²) in [6, 6.07) is 10.9. The van der Waals surface area contributed by atoms with Crippen LogP contribution in [0.25, 0.3) is 0 Å². The van der Waals surface area contributed by atoms with E-state index >= 15 is 0 Å². The Bertz CT molecular complexity index is 1120. The van der Waals surface area contributed by atoms with Crippen molar-refractivity contribution in [1.29, 1.82) is 0 Å². The van der Waals surface area contributed by atoms with Gasteiger partial charge in [-0.3, -0.25) is 4.79 Å². The minimum absolute atomic E-state index is 0.0423. The Kier molecular flexibility index (Phi) is 7.49. The molecule has 3 rings (SSSR count). The summed E-state index contributed by atoms with van der Waals surface area (Å²) in [5, 5.41) is 15.2. The Hall–Kier alpha value is -3.80. The van der Waals surface area contributed by atoms with Crippen LogP contribution in [0.1, 0.15) is 12.5 Å². The average Bonchev–Trinajstić information content (AvgIpc) is 3.16. The first-order valence-electron chi connectivity index (χ1n) is 9.32. The molecule has 0 bridgehead atoms. The molecule has 0 aliphatic heterocycles. The number of hydrogen-bond donors (Lipinski definition) is 3. The second-order valence-electron chi connectivity index (χ2n) is 6.40. The van der Waals surface area contributed by atoms with Crippen LogP contribution < -0.4 is 26.1 Å². The Morgan fingerprint density at radius 3 is 2.56 bits per heavy atom. The highest BCUT2D eigenvalue weighted by Crippen LogP contribution is 2.27. The number of carbonyl (C=O) groups is 1. The van der Waals surface area contributed by atoms with Crippen LogP contribution in [-0.2, 0) is 4.79 Å². The van der Waals surface area contributed by atoms with Crippen molar-refractivity contribution in [2.75, 3.05) is 36.6 Å². The topological polar surface area (TPSA) is 129 Å². The molecule has 0 saturated carbocycles. The lowest BCUT2D eigenvalue weighted by Gasteiger charge is -2.09. The van der Waals surface area contributed by atoms with Gasteiger partial charge in [-0.1, -0.05) is 11.8 Å². The van der Waals surface area contributed by atoms with E-state index in [0.717, 1.165) is 17.3 Å². The number of ether oxygens (including phenoxy) is 2. The third kappa shape index (κ3) is 5.66. The molecular formula is C20H22FN7O3S. The summed E-state index contributed by atoms with van der Waals surface area (Å²) in [7, 11) is 3.12. The number of thioether (sulfide) groups is 1. The quantitative estimate of drug-likeness (QED) is 0.193. The molecule has 1 aromatic heterocycles. The normalized spacial score (nSPS) is 11.2. The van der Waals surface area contributed by atoms with Crippen LogP contribution in [0.2, 0.25) is 0 Å². The first kappa shape index (κ1) is 22.9. The molecule has 0 saturated heterocycles. The van der Waals surface area contributed by atoms with Crippen LogP contribution in [0.5, 0.6) is 11.5 Å². The summed E-state index contributed by atoms with van der Waals surface area (Å²) >= 11 is 1.10. The molecule has 0 aliphatic rings. The van der Waals surface area contributed by atoms with Crippen molar-refractivity contribution in [3.8, 4) is 11.5 Å².